The summed E-state index contributed by atoms with van der Waals surface area (Å²) >= 11 is 0. The van der Waals surface area contributed by atoms with Crippen LogP contribution in [0.1, 0.15) is 32.2 Å². The molecule has 0 saturated carbocycles. The Morgan fingerprint density at radius 2 is 1.04 bits per heavy atom. The number of halogens is 3. The predicted octanol–water partition coefficient (Wildman–Crippen LogP) is 15.8. The van der Waals surface area contributed by atoms with Crippen molar-refractivity contribution in [3.8, 4) is 95.4 Å². The quantitative estimate of drug-likeness (QED) is 0.191. The van der Waals surface area contributed by atoms with Crippen LogP contribution in [0.4, 0.5) is 13.2 Å². The fourth-order valence-corrected chi connectivity index (χ4v) is 9.83. The molecule has 69 heavy (non-hydrogen) atoms. The van der Waals surface area contributed by atoms with E-state index >= 15 is 0 Å². The van der Waals surface area contributed by atoms with E-state index in [9.17, 15) is 18.3 Å². The van der Waals surface area contributed by atoms with Gasteiger partial charge in [-0.1, -0.05) is 130 Å². The average Bonchev–Trinajstić information content (AvgIpc) is 3.96. The lowest BCUT2D eigenvalue weighted by molar-refractivity contribution is -0.145. The first-order valence-electron chi connectivity index (χ1n) is 22.8. The molecule has 11 aromatic rings. The second-order valence-electron chi connectivity index (χ2n) is 18.6. The van der Waals surface area contributed by atoms with Gasteiger partial charge in [-0.2, -0.15) is 13.2 Å². The van der Waals surface area contributed by atoms with E-state index < -0.39 is 12.0 Å². The van der Waals surface area contributed by atoms with Crippen molar-refractivity contribution in [2.75, 3.05) is 0 Å². The zero-order valence-corrected chi connectivity index (χ0v) is 37.8. The summed E-state index contributed by atoms with van der Waals surface area (Å²) in [6, 6.07) is 61.7. The Kier molecular flexibility index (Phi) is 9.57. The van der Waals surface area contributed by atoms with Gasteiger partial charge in [-0.25, -0.2) is 9.97 Å². The molecular formula is C60H42F3N5O. The summed E-state index contributed by atoms with van der Waals surface area (Å²) in [4.78, 5) is 14.4. The van der Waals surface area contributed by atoms with Crippen LogP contribution in [0.5, 0.6) is 5.75 Å². The molecule has 10 bridgehead atoms. The van der Waals surface area contributed by atoms with Crippen LogP contribution in [0.3, 0.4) is 0 Å². The van der Waals surface area contributed by atoms with Gasteiger partial charge in [0.2, 0.25) is 5.82 Å². The molecule has 0 atom stereocenters. The number of phenolic OH excluding ortho intramolecular Hbond substituents is 1. The van der Waals surface area contributed by atoms with Crippen LogP contribution in [0, 0.1) is 0 Å². The van der Waals surface area contributed by atoms with Gasteiger partial charge in [-0.15, -0.1) is 0 Å². The lowest BCUT2D eigenvalue weighted by Gasteiger charge is -2.25. The highest BCUT2D eigenvalue weighted by molar-refractivity contribution is 5.98. The Morgan fingerprint density at radius 1 is 0.464 bits per heavy atom. The standard InChI is InChI=1S/C60H42F3N5O/c1-59(2,3)49-33-42(36-13-5-4-6-14-36)25-26-52(49)68-53-23-12-22-47(56(53)66-57(68)48-21-7-8-24-55(48)69)44-29-43-30-45(31-44)50-34-54-51(35-64-50)65-58(60(61,62)63)67(54)46-20-11-19-41(32-46)39-17-9-15-37(27-39)38-16-10-18-40(43)28-38/h4-35,69H,1-3H3. The fourth-order valence-electron chi connectivity index (χ4n) is 9.83. The number of alkyl halides is 3. The Morgan fingerprint density at radius 3 is 1.75 bits per heavy atom. The van der Waals surface area contributed by atoms with Crippen LogP contribution < -0.4 is 0 Å². The van der Waals surface area contributed by atoms with Crippen LogP contribution in [-0.2, 0) is 11.6 Å². The van der Waals surface area contributed by atoms with Crippen molar-refractivity contribution in [3.05, 3.63) is 206 Å². The van der Waals surface area contributed by atoms with E-state index in [1.165, 1.54) is 10.8 Å². The zero-order chi connectivity index (χ0) is 47.2. The molecular weight excluding hydrogens is 864 g/mol. The third-order valence-corrected chi connectivity index (χ3v) is 13.1. The van der Waals surface area contributed by atoms with Gasteiger partial charge in [-0.3, -0.25) is 14.1 Å². The van der Waals surface area contributed by atoms with Gasteiger partial charge in [0, 0.05) is 16.8 Å². The first kappa shape index (κ1) is 41.8. The van der Waals surface area contributed by atoms with Gasteiger partial charge in [0.25, 0.3) is 0 Å². The number of imidazole rings is 2. The van der Waals surface area contributed by atoms with Crippen molar-refractivity contribution >= 4 is 22.1 Å². The van der Waals surface area contributed by atoms with E-state index in [-0.39, 0.29) is 22.2 Å². The highest BCUT2D eigenvalue weighted by Crippen LogP contribution is 2.44. The molecule has 0 saturated heterocycles. The minimum Gasteiger partial charge on any atom is -0.507 e. The average molecular weight is 906 g/mol. The highest BCUT2D eigenvalue weighted by atomic mass is 19.4. The normalized spacial score (nSPS) is 12.3. The summed E-state index contributed by atoms with van der Waals surface area (Å²) < 4.78 is 48.3. The third kappa shape index (κ3) is 7.25. The van der Waals surface area contributed by atoms with Crippen molar-refractivity contribution in [1.29, 1.82) is 0 Å². The Balaban J connectivity index is 1.14. The largest absolute Gasteiger partial charge is 0.507 e. The zero-order valence-electron chi connectivity index (χ0n) is 37.8. The number of fused-ring (bicyclic) bond motifs is 15. The van der Waals surface area contributed by atoms with Crippen LogP contribution in [0.2, 0.25) is 0 Å². The van der Waals surface area contributed by atoms with Gasteiger partial charge in [0.1, 0.15) is 17.1 Å². The number of phenols is 1. The smallest absolute Gasteiger partial charge is 0.450 e. The fraction of sp³-hybridized carbons (Fsp3) is 0.0833. The second kappa shape index (κ2) is 15.8. The number of hydrogen-bond acceptors (Lipinski definition) is 4. The van der Waals surface area contributed by atoms with Gasteiger partial charge in [-0.05, 0) is 140 Å². The van der Waals surface area contributed by atoms with E-state index in [1.54, 1.807) is 36.4 Å². The number of hydrogen-bond donors (Lipinski definition) is 1. The van der Waals surface area contributed by atoms with Gasteiger partial charge in [0.15, 0.2) is 0 Å². The molecule has 1 N–H and O–H groups in total. The third-order valence-electron chi connectivity index (χ3n) is 13.1. The maximum atomic E-state index is 15.0. The number of rotatable bonds is 4. The Bertz CT molecular complexity index is 3840. The first-order valence-corrected chi connectivity index (χ1v) is 22.8. The maximum absolute atomic E-state index is 15.0. The minimum absolute atomic E-state index is 0.101. The van der Waals surface area contributed by atoms with E-state index in [0.29, 0.717) is 33.8 Å². The van der Waals surface area contributed by atoms with Gasteiger partial charge < -0.3 is 5.11 Å². The topological polar surface area (TPSA) is 68.8 Å². The molecule has 4 heterocycles. The summed E-state index contributed by atoms with van der Waals surface area (Å²) in [5.41, 5.74) is 15.0. The molecule has 0 amide bonds. The minimum atomic E-state index is -4.75. The molecule has 1 aliphatic heterocycles. The molecule has 1 aliphatic rings. The molecule has 8 aromatic carbocycles. The summed E-state index contributed by atoms with van der Waals surface area (Å²) in [6.45, 7) is 6.61. The molecule has 0 fully saturated rings. The van der Waals surface area contributed by atoms with Gasteiger partial charge >= 0.3 is 6.18 Å². The summed E-state index contributed by atoms with van der Waals surface area (Å²) in [6.07, 6.45) is -3.32. The molecule has 0 aliphatic carbocycles. The van der Waals surface area contributed by atoms with Gasteiger partial charge in [0.05, 0.1) is 39.7 Å². The van der Waals surface area contributed by atoms with Crippen molar-refractivity contribution in [3.63, 3.8) is 0 Å². The summed E-state index contributed by atoms with van der Waals surface area (Å²) in [5, 5.41) is 11.5. The molecule has 3 aromatic heterocycles. The highest BCUT2D eigenvalue weighted by Gasteiger charge is 2.38. The SMILES string of the molecule is CC(C)(C)c1cc(-c2ccccc2)ccc1-n1c(-c2ccccc2O)nc2c(-c3cc4cc(c3)-c3cc5c(cn3)nc(C(F)(F)F)n5-c3cccc(c3)-c3cccc(c3)-c3cccc-4c3)cccc21. The number of benzene rings is 8. The van der Waals surface area contributed by atoms with E-state index in [4.69, 9.17) is 9.97 Å². The monoisotopic (exact) mass is 905 g/mol. The molecule has 9 heteroatoms. The van der Waals surface area contributed by atoms with Crippen molar-refractivity contribution in [2.24, 2.45) is 0 Å². The second-order valence-corrected chi connectivity index (χ2v) is 18.6. The predicted molar refractivity (Wildman–Crippen MR) is 270 cm³/mol. The number of aromatic nitrogens is 5. The van der Waals surface area contributed by atoms with Crippen molar-refractivity contribution in [2.45, 2.75) is 32.4 Å². The molecule has 0 unspecified atom stereocenters. The number of aromatic hydroxyl groups is 1. The number of para-hydroxylation sites is 2. The summed E-state index contributed by atoms with van der Waals surface area (Å²) in [5.74, 6) is -0.352. The Hall–Kier alpha value is -8.56. The molecule has 6 nitrogen and oxygen atoms in total. The molecule has 334 valence electrons. The summed E-state index contributed by atoms with van der Waals surface area (Å²) in [7, 11) is 0. The maximum Gasteiger partial charge on any atom is 0.450 e. The molecule has 0 spiro atoms. The number of pyridine rings is 1. The number of nitrogens with zero attached hydrogens (tertiary/aromatic N) is 5. The first-order chi connectivity index (χ1) is 33.4. The lowest BCUT2D eigenvalue weighted by atomic mass is 9.83. The van der Waals surface area contributed by atoms with Crippen molar-refractivity contribution in [1.82, 2.24) is 24.1 Å². The van der Waals surface area contributed by atoms with E-state index in [2.05, 4.69) is 97.1 Å². The van der Waals surface area contributed by atoms with Crippen LogP contribution in [-0.4, -0.2) is 29.2 Å². The molecule has 12 rings (SSSR count). The van der Waals surface area contributed by atoms with E-state index in [0.717, 1.165) is 72.4 Å². The lowest BCUT2D eigenvalue weighted by Crippen LogP contribution is -2.16. The van der Waals surface area contributed by atoms with Crippen LogP contribution in [0.25, 0.3) is 112 Å². The molecule has 0 radical (unpaired) electrons. The van der Waals surface area contributed by atoms with Crippen LogP contribution >= 0.6 is 0 Å². The van der Waals surface area contributed by atoms with E-state index in [1.807, 2.05) is 84.9 Å². The Labute approximate surface area is 396 Å². The van der Waals surface area contributed by atoms with Crippen molar-refractivity contribution < 1.29 is 18.3 Å². The van der Waals surface area contributed by atoms with Crippen LogP contribution in [0.15, 0.2) is 194 Å².